The summed E-state index contributed by atoms with van der Waals surface area (Å²) in [5, 5.41) is 12.1. The van der Waals surface area contributed by atoms with E-state index in [1.807, 2.05) is 0 Å². The summed E-state index contributed by atoms with van der Waals surface area (Å²) in [4.78, 5) is 26.5. The summed E-state index contributed by atoms with van der Waals surface area (Å²) in [5.74, 6) is -1.48. The van der Waals surface area contributed by atoms with Crippen LogP contribution in [-0.4, -0.2) is 34.3 Å². The van der Waals surface area contributed by atoms with Gasteiger partial charge < -0.3 is 15.2 Å². The van der Waals surface area contributed by atoms with Crippen molar-refractivity contribution in [1.29, 1.82) is 0 Å². The molecule has 0 radical (unpaired) electrons. The van der Waals surface area contributed by atoms with Crippen LogP contribution >= 0.6 is 34.7 Å². The van der Waals surface area contributed by atoms with Gasteiger partial charge in [0.1, 0.15) is 5.82 Å². The van der Waals surface area contributed by atoms with Crippen molar-refractivity contribution in [3.63, 3.8) is 0 Å². The van der Waals surface area contributed by atoms with Crippen LogP contribution in [0.25, 0.3) is 0 Å². The van der Waals surface area contributed by atoms with E-state index < -0.39 is 5.97 Å². The number of carboxylic acids is 1. The van der Waals surface area contributed by atoms with Crippen LogP contribution in [0.3, 0.4) is 0 Å². The van der Waals surface area contributed by atoms with Crippen LogP contribution in [-0.2, 0) is 20.9 Å². The van der Waals surface area contributed by atoms with E-state index in [-0.39, 0.29) is 17.5 Å². The highest BCUT2D eigenvalue weighted by atomic mass is 35.5. The van der Waals surface area contributed by atoms with Crippen LogP contribution in [0.15, 0.2) is 28.6 Å². The third-order valence-corrected chi connectivity index (χ3v) is 5.73. The number of nitrogens with one attached hydrogen (secondary N) is 1. The van der Waals surface area contributed by atoms with E-state index in [0.717, 1.165) is 21.5 Å². The fraction of sp³-hybridized carbons (Fsp3) is 0.353. The highest BCUT2D eigenvalue weighted by Gasteiger charge is 2.08. The van der Waals surface area contributed by atoms with Gasteiger partial charge in [0, 0.05) is 18.1 Å². The van der Waals surface area contributed by atoms with Gasteiger partial charge in [0.05, 0.1) is 22.8 Å². The summed E-state index contributed by atoms with van der Waals surface area (Å²) in [6, 6.07) is 4.16. The molecule has 0 atom stereocenters. The molecule has 0 aliphatic rings. The number of nitrogens with zero attached hydrogens (tertiary/aromatic N) is 1. The van der Waals surface area contributed by atoms with Gasteiger partial charge in [-0.05, 0) is 30.5 Å². The second-order valence-corrected chi connectivity index (χ2v) is 8.17. The van der Waals surface area contributed by atoms with Crippen LogP contribution in [0.4, 0.5) is 9.52 Å². The average molecular weight is 433 g/mol. The van der Waals surface area contributed by atoms with Gasteiger partial charge in [0.15, 0.2) is 5.13 Å². The number of rotatable bonds is 11. The molecule has 2 aromatic rings. The van der Waals surface area contributed by atoms with E-state index in [0.29, 0.717) is 42.6 Å². The van der Waals surface area contributed by atoms with E-state index in [1.54, 1.807) is 12.3 Å². The Kier molecular flexibility index (Phi) is 8.99. The molecule has 0 unspecified atom stereocenters. The first kappa shape index (κ1) is 21.6. The normalized spacial score (nSPS) is 10.7. The van der Waals surface area contributed by atoms with Gasteiger partial charge in [-0.2, -0.15) is 0 Å². The van der Waals surface area contributed by atoms with Gasteiger partial charge in [-0.1, -0.05) is 29.0 Å². The maximum absolute atomic E-state index is 12.9. The maximum atomic E-state index is 12.9. The number of hydrogen-bond acceptors (Lipinski definition) is 6. The number of ether oxygens (including phenoxy) is 1. The third kappa shape index (κ3) is 8.25. The number of thiazole rings is 1. The molecule has 2 rings (SSSR count). The number of unbranched alkanes of at least 4 members (excludes halogenated alkanes) is 1. The first-order valence-electron chi connectivity index (χ1n) is 8.06. The molecule has 2 N–H and O–H groups in total. The van der Waals surface area contributed by atoms with Crippen LogP contribution in [0.1, 0.15) is 24.8 Å². The zero-order valence-corrected chi connectivity index (χ0v) is 16.6. The fourth-order valence-electron chi connectivity index (χ4n) is 2.01. The second kappa shape index (κ2) is 11.2. The Balaban J connectivity index is 1.58. The van der Waals surface area contributed by atoms with Crippen LogP contribution in [0.2, 0.25) is 5.02 Å². The number of carbonyl (C=O) groups is 2. The van der Waals surface area contributed by atoms with Crippen LogP contribution in [0.5, 0.6) is 0 Å². The molecule has 1 aromatic heterocycles. The van der Waals surface area contributed by atoms with Crippen molar-refractivity contribution in [2.45, 2.75) is 30.1 Å². The number of carbonyl (C=O) groups excluding carboxylic acids is 1. The molecule has 6 nitrogen and oxygen atoms in total. The van der Waals surface area contributed by atoms with Gasteiger partial charge in [0.2, 0.25) is 5.91 Å². The molecule has 10 heteroatoms. The number of thioether (sulfide) groups is 1. The van der Waals surface area contributed by atoms with E-state index in [9.17, 15) is 14.0 Å². The SMILES string of the molecule is O=C(O)CSc1cnc(NC(=O)CCCCOCc2ccc(F)cc2Cl)s1. The molecule has 0 aliphatic heterocycles. The standard InChI is InChI=1S/C17H18ClFN2O4S2/c18-13-7-12(19)5-4-11(13)9-25-6-2-1-3-14(22)21-17-20-8-16(27-17)26-10-15(23)24/h4-5,7-8H,1-3,6,9-10H2,(H,23,24)(H,20,21,22). The van der Waals surface area contributed by atoms with E-state index in [2.05, 4.69) is 10.3 Å². The minimum absolute atomic E-state index is 0.0429. The number of aliphatic carboxylic acids is 1. The molecule has 1 amide bonds. The maximum Gasteiger partial charge on any atom is 0.313 e. The molecule has 1 heterocycles. The topological polar surface area (TPSA) is 88.5 Å². The summed E-state index contributed by atoms with van der Waals surface area (Å²) in [7, 11) is 0. The quantitative estimate of drug-likeness (QED) is 0.403. The van der Waals surface area contributed by atoms with Crippen LogP contribution in [0, 0.1) is 5.82 Å². The highest BCUT2D eigenvalue weighted by molar-refractivity contribution is 8.01. The third-order valence-electron chi connectivity index (χ3n) is 3.28. The lowest BCUT2D eigenvalue weighted by Crippen LogP contribution is -2.11. The Hall–Kier alpha value is -1.68. The molecule has 0 spiro atoms. The highest BCUT2D eigenvalue weighted by Crippen LogP contribution is 2.28. The lowest BCUT2D eigenvalue weighted by molar-refractivity contribution is -0.133. The van der Waals surface area contributed by atoms with Gasteiger partial charge in [-0.3, -0.25) is 9.59 Å². The van der Waals surface area contributed by atoms with Crippen molar-refractivity contribution in [3.8, 4) is 0 Å². The summed E-state index contributed by atoms with van der Waals surface area (Å²) >= 11 is 8.32. The molecule has 0 bridgehead atoms. The van der Waals surface area contributed by atoms with E-state index in [1.165, 1.54) is 23.5 Å². The van der Waals surface area contributed by atoms with Crippen molar-refractivity contribution in [2.24, 2.45) is 0 Å². The number of hydrogen-bond donors (Lipinski definition) is 2. The first-order valence-corrected chi connectivity index (χ1v) is 10.2. The largest absolute Gasteiger partial charge is 0.481 e. The molecule has 0 fully saturated rings. The molecule has 146 valence electrons. The first-order chi connectivity index (χ1) is 12.9. The van der Waals surface area contributed by atoms with Crippen molar-refractivity contribution in [3.05, 3.63) is 40.8 Å². The van der Waals surface area contributed by atoms with Crippen molar-refractivity contribution >= 4 is 51.7 Å². The van der Waals surface area contributed by atoms with E-state index in [4.69, 9.17) is 21.4 Å². The number of carboxylic acid groups (broad SMARTS) is 1. The Morgan fingerprint density at radius 2 is 2.19 bits per heavy atom. The Morgan fingerprint density at radius 1 is 1.37 bits per heavy atom. The molecule has 27 heavy (non-hydrogen) atoms. The van der Waals surface area contributed by atoms with Crippen molar-refractivity contribution in [2.75, 3.05) is 17.7 Å². The average Bonchev–Trinajstić information content (AvgIpc) is 3.05. The molecule has 0 saturated heterocycles. The number of halogens is 2. The monoisotopic (exact) mass is 432 g/mol. The summed E-state index contributed by atoms with van der Waals surface area (Å²) in [5.41, 5.74) is 0.719. The van der Waals surface area contributed by atoms with Gasteiger partial charge >= 0.3 is 5.97 Å². The predicted molar refractivity (Wildman–Crippen MR) is 104 cm³/mol. The van der Waals surface area contributed by atoms with Crippen molar-refractivity contribution in [1.82, 2.24) is 4.98 Å². The number of anilines is 1. The molecule has 0 saturated carbocycles. The minimum atomic E-state index is -0.900. The fourth-order valence-corrected chi connectivity index (χ4v) is 3.84. The smallest absolute Gasteiger partial charge is 0.313 e. The molecular weight excluding hydrogens is 415 g/mol. The lowest BCUT2D eigenvalue weighted by atomic mass is 10.2. The molecule has 1 aromatic carbocycles. The number of benzene rings is 1. The number of amides is 1. The summed E-state index contributed by atoms with van der Waals surface area (Å²) < 4.78 is 19.2. The lowest BCUT2D eigenvalue weighted by Gasteiger charge is -2.06. The Labute approximate surface area is 169 Å². The summed E-state index contributed by atoms with van der Waals surface area (Å²) in [6.07, 6.45) is 3.22. The van der Waals surface area contributed by atoms with Gasteiger partial charge in [-0.25, -0.2) is 9.37 Å². The minimum Gasteiger partial charge on any atom is -0.481 e. The molecular formula is C17H18ClFN2O4S2. The van der Waals surface area contributed by atoms with Gasteiger partial charge in [-0.15, -0.1) is 11.8 Å². The van der Waals surface area contributed by atoms with E-state index >= 15 is 0 Å². The zero-order valence-electron chi connectivity index (χ0n) is 14.2. The van der Waals surface area contributed by atoms with Crippen molar-refractivity contribution < 1.29 is 23.8 Å². The predicted octanol–water partition coefficient (Wildman–Crippen LogP) is 4.44. The Morgan fingerprint density at radius 3 is 2.93 bits per heavy atom. The molecule has 0 aliphatic carbocycles. The number of aromatic nitrogens is 1. The van der Waals surface area contributed by atoms with Gasteiger partial charge in [0.25, 0.3) is 0 Å². The van der Waals surface area contributed by atoms with Crippen LogP contribution < -0.4 is 5.32 Å². The second-order valence-electron chi connectivity index (χ2n) is 5.46. The summed E-state index contributed by atoms with van der Waals surface area (Å²) in [6.45, 7) is 0.759. The zero-order chi connectivity index (χ0) is 19.6. The Bertz CT molecular complexity index is 788.